The average molecular weight is 1030 g/mol. The van der Waals surface area contributed by atoms with Crippen LogP contribution in [-0.4, -0.2) is 9.55 Å². The van der Waals surface area contributed by atoms with E-state index in [2.05, 4.69) is 12.1 Å². The first-order chi connectivity index (χ1) is 36.6. The van der Waals surface area contributed by atoms with Crippen LogP contribution in [0.3, 0.4) is 0 Å². The Hall–Kier alpha value is -7.20. The third-order valence-corrected chi connectivity index (χ3v) is 11.4. The van der Waals surface area contributed by atoms with Gasteiger partial charge in [-0.2, -0.15) is 12.1 Å². The van der Waals surface area contributed by atoms with Crippen molar-refractivity contribution in [2.75, 3.05) is 9.80 Å². The number of rotatable bonds is 8. The normalized spacial score (nSPS) is 15.4. The van der Waals surface area contributed by atoms with Gasteiger partial charge in [0.25, 0.3) is 0 Å². The number of nitrogens with zero attached hydrogens (tertiary/aromatic N) is 4. The molecule has 65 heavy (non-hydrogen) atoms. The number of fused-ring (bicyclic) bond motifs is 4. The van der Waals surface area contributed by atoms with Crippen LogP contribution < -0.4 is 14.5 Å². The van der Waals surface area contributed by atoms with Crippen LogP contribution in [0.2, 0.25) is 0 Å². The second kappa shape index (κ2) is 17.1. The van der Waals surface area contributed by atoms with E-state index in [0.29, 0.717) is 51.0 Å². The van der Waals surface area contributed by atoms with Crippen molar-refractivity contribution in [1.29, 1.82) is 0 Å². The van der Waals surface area contributed by atoms with Crippen molar-refractivity contribution >= 4 is 44.6 Å². The third kappa shape index (κ3) is 7.70. The van der Waals surface area contributed by atoms with E-state index in [1.807, 2.05) is 121 Å². The fraction of sp³-hybridized carbons (Fsp3) is 0.0847. The molecule has 320 valence electrons. The maximum absolute atomic E-state index is 9.24. The van der Waals surface area contributed by atoms with Gasteiger partial charge in [-0.1, -0.05) is 147 Å². The Bertz CT molecular complexity index is 3920. The summed E-state index contributed by atoms with van der Waals surface area (Å²) in [6.07, 6.45) is 1.41. The van der Waals surface area contributed by atoms with Gasteiger partial charge in [0.1, 0.15) is 5.82 Å². The van der Waals surface area contributed by atoms with Crippen LogP contribution in [0, 0.1) is 25.7 Å². The summed E-state index contributed by atoms with van der Waals surface area (Å²) < 4.78 is 122. The molecular weight excluding hydrogens is 976 g/mol. The van der Waals surface area contributed by atoms with Gasteiger partial charge in [0.05, 0.1) is 13.7 Å². The number of benzene rings is 8. The van der Waals surface area contributed by atoms with Crippen molar-refractivity contribution in [2.24, 2.45) is 0 Å². The molecule has 0 saturated heterocycles. The Kier molecular flexibility index (Phi) is 7.69. The molecule has 0 spiro atoms. The molecule has 2 aromatic heterocycles. The van der Waals surface area contributed by atoms with Gasteiger partial charge in [-0.25, -0.2) is 4.98 Å². The number of pyridine rings is 1. The van der Waals surface area contributed by atoms with Gasteiger partial charge in [-0.15, -0.1) is 48.1 Å². The molecule has 0 atom stereocenters. The predicted octanol–water partition coefficient (Wildman–Crippen LogP) is 15.6. The van der Waals surface area contributed by atoms with Gasteiger partial charge in [0.2, 0.25) is 0 Å². The third-order valence-electron chi connectivity index (χ3n) is 11.4. The zero-order valence-corrected chi connectivity index (χ0v) is 37.6. The molecule has 0 aliphatic carbocycles. The SMILES string of the molecule is [2H]c1c([2H])c([2H])c(-c2cc(C(C)(C)C)cc(-c3c([2H])c([2H])c([2H])c([2H])c3[2H])c2N2[CH-]N(c3[c-]c(Oc4[c-]c5c(cc4)c4ccccc4n5-c4cc(-c5ccccc5)c(C([2H])([2H])[2H])cn4)ccc3)c3ccccc32)c([2H])c1[2H].[Pt]. The molecule has 1 aliphatic rings. The van der Waals surface area contributed by atoms with Crippen molar-refractivity contribution in [3.8, 4) is 50.7 Å². The first kappa shape index (κ1) is 29.3. The predicted molar refractivity (Wildman–Crippen MR) is 264 cm³/mol. The van der Waals surface area contributed by atoms with E-state index in [1.165, 1.54) is 6.20 Å². The zero-order valence-electron chi connectivity index (χ0n) is 48.3. The van der Waals surface area contributed by atoms with Crippen molar-refractivity contribution in [3.05, 3.63) is 224 Å². The monoisotopic (exact) mass is 1030 g/mol. The number of hydrogen-bond donors (Lipinski definition) is 0. The number of hydrogen-bond acceptors (Lipinski definition) is 4. The maximum atomic E-state index is 9.24. The van der Waals surface area contributed by atoms with Gasteiger partial charge >= 0.3 is 0 Å². The number of ether oxygens (including phenoxy) is 1. The summed E-state index contributed by atoms with van der Waals surface area (Å²) in [5.41, 5.74) is 4.77. The summed E-state index contributed by atoms with van der Waals surface area (Å²) in [5.74, 6) is 1.14. The average Bonchev–Trinajstić information content (AvgIpc) is 4.12. The second-order valence-electron chi connectivity index (χ2n) is 16.4. The molecule has 0 unspecified atom stereocenters. The van der Waals surface area contributed by atoms with Gasteiger partial charge in [0.15, 0.2) is 0 Å². The van der Waals surface area contributed by atoms with Crippen molar-refractivity contribution in [1.82, 2.24) is 9.55 Å². The Morgan fingerprint density at radius 2 is 1.26 bits per heavy atom. The van der Waals surface area contributed by atoms with Gasteiger partial charge in [-0.05, 0) is 87.4 Å². The second-order valence-corrected chi connectivity index (χ2v) is 16.4. The van der Waals surface area contributed by atoms with Crippen LogP contribution in [0.5, 0.6) is 11.5 Å². The quantitative estimate of drug-likeness (QED) is 0.142. The molecule has 3 heterocycles. The summed E-state index contributed by atoms with van der Waals surface area (Å²) in [7, 11) is 0. The van der Waals surface area contributed by atoms with Gasteiger partial charge in [0, 0.05) is 76.6 Å². The maximum Gasteiger partial charge on any atom is 0.136 e. The van der Waals surface area contributed by atoms with E-state index < -0.39 is 72.7 Å². The Morgan fingerprint density at radius 3 is 1.95 bits per heavy atom. The van der Waals surface area contributed by atoms with E-state index in [4.69, 9.17) is 22.1 Å². The van der Waals surface area contributed by atoms with E-state index in [0.717, 1.165) is 21.9 Å². The summed E-state index contributed by atoms with van der Waals surface area (Å²) in [6.45, 7) is 5.10. The fourth-order valence-corrected chi connectivity index (χ4v) is 8.31. The Labute approximate surface area is 413 Å². The van der Waals surface area contributed by atoms with Crippen molar-refractivity contribution in [3.63, 3.8) is 0 Å². The van der Waals surface area contributed by atoms with Crippen molar-refractivity contribution in [2.45, 2.75) is 33.0 Å². The first-order valence-corrected chi connectivity index (χ1v) is 20.7. The summed E-state index contributed by atoms with van der Waals surface area (Å²) in [6, 6.07) is 40.5. The summed E-state index contributed by atoms with van der Waals surface area (Å²) in [4.78, 5) is 8.31. The van der Waals surface area contributed by atoms with E-state index in [9.17, 15) is 5.48 Å². The molecule has 0 saturated carbocycles. The van der Waals surface area contributed by atoms with Crippen LogP contribution in [0.15, 0.2) is 194 Å². The van der Waals surface area contributed by atoms with Crippen LogP contribution in [0.4, 0.5) is 22.7 Å². The van der Waals surface area contributed by atoms with Gasteiger partial charge in [-0.3, -0.25) is 0 Å². The molecule has 10 aromatic rings. The molecule has 0 bridgehead atoms. The Morgan fingerprint density at radius 1 is 0.615 bits per heavy atom. The minimum atomic E-state index is -2.42. The van der Waals surface area contributed by atoms with Crippen LogP contribution in [0.25, 0.3) is 61.0 Å². The smallest absolute Gasteiger partial charge is 0.136 e. The largest absolute Gasteiger partial charge is 0.509 e. The molecule has 11 rings (SSSR count). The summed E-state index contributed by atoms with van der Waals surface area (Å²) >= 11 is 0. The minimum Gasteiger partial charge on any atom is -0.509 e. The standard InChI is InChI=1S/C59H45N4O.Pt/c1-40-38-60-57(37-50(40)41-19-8-5-9-20-41)63-53-28-15-14-27-48(53)49-32-31-47(36-56(49)63)64-46-26-18-25-45(35-46)61-39-62(55-30-17-16-29-54(55)61)58-51(42-21-10-6-11-22-42)33-44(59(2,3)4)34-52(58)43-23-12-7-13-24-43;/h5-34,37-39H,1-4H3;/q-3;/i1D3,6D,7D,10D,11D,12D,13D,21D,22D,23D,24D;. The van der Waals surface area contributed by atoms with Gasteiger partial charge < -0.3 is 19.1 Å². The van der Waals surface area contributed by atoms with E-state index in [1.54, 1.807) is 48.0 Å². The topological polar surface area (TPSA) is 33.5 Å². The molecule has 6 heteroatoms. The molecule has 0 amide bonds. The zero-order chi connectivity index (χ0) is 54.6. The van der Waals surface area contributed by atoms with E-state index in [-0.39, 0.29) is 54.6 Å². The molecule has 1 aliphatic heterocycles. The molecule has 0 N–H and O–H groups in total. The van der Waals surface area contributed by atoms with Crippen LogP contribution >= 0.6 is 0 Å². The number of anilines is 4. The molecule has 0 fully saturated rings. The number of para-hydroxylation sites is 3. The molecule has 8 aromatic carbocycles. The first-order valence-electron chi connectivity index (χ1n) is 27.2. The molecular formula is C59H45N4OPt-3. The van der Waals surface area contributed by atoms with Crippen molar-refractivity contribution < 1.29 is 43.6 Å². The van der Waals surface area contributed by atoms with E-state index >= 15 is 0 Å². The van der Waals surface area contributed by atoms with Crippen LogP contribution in [0.1, 0.15) is 49.7 Å². The minimum absolute atomic E-state index is 0. The fourth-order valence-electron chi connectivity index (χ4n) is 8.31. The van der Waals surface area contributed by atoms with Crippen LogP contribution in [-0.2, 0) is 26.5 Å². The molecule has 0 radical (unpaired) electrons. The Balaban J connectivity index is 0.00000688. The number of aromatic nitrogens is 2. The summed E-state index contributed by atoms with van der Waals surface area (Å²) in [5, 5.41) is 1.78. The number of aryl methyl sites for hydroxylation is 1. The molecule has 5 nitrogen and oxygen atoms in total.